The van der Waals surface area contributed by atoms with E-state index in [0.717, 1.165) is 23.4 Å². The van der Waals surface area contributed by atoms with Gasteiger partial charge in [0.05, 0.1) is 5.69 Å². The number of hydrogen-bond acceptors (Lipinski definition) is 4. The van der Waals surface area contributed by atoms with Gasteiger partial charge in [-0.25, -0.2) is 4.68 Å². The molecule has 0 saturated heterocycles. The standard InChI is InChI=1S/C9H17BrN4S/c1-9(2,15-4)6-11-5-7-8(10)12-13-14(7)3/h11H,5-6H2,1-4H3. The van der Waals surface area contributed by atoms with Crippen molar-refractivity contribution in [2.45, 2.75) is 25.1 Å². The molecule has 1 rings (SSSR count). The van der Waals surface area contributed by atoms with Gasteiger partial charge in [-0.15, -0.1) is 5.10 Å². The Morgan fingerprint density at radius 1 is 1.53 bits per heavy atom. The van der Waals surface area contributed by atoms with Gasteiger partial charge in [-0.3, -0.25) is 0 Å². The Balaban J connectivity index is 2.45. The molecule has 6 heteroatoms. The second-order valence-electron chi connectivity index (χ2n) is 4.02. The Labute approximate surface area is 103 Å². The quantitative estimate of drug-likeness (QED) is 0.899. The minimum atomic E-state index is 0.262. The summed E-state index contributed by atoms with van der Waals surface area (Å²) in [5.41, 5.74) is 1.08. The van der Waals surface area contributed by atoms with Crippen molar-refractivity contribution in [2.24, 2.45) is 7.05 Å². The molecule has 0 saturated carbocycles. The molecule has 1 N–H and O–H groups in total. The average molecular weight is 293 g/mol. The molecule has 1 heterocycles. The average Bonchev–Trinajstić information content (AvgIpc) is 2.49. The molecule has 0 bridgehead atoms. The largest absolute Gasteiger partial charge is 0.310 e. The van der Waals surface area contributed by atoms with Gasteiger partial charge < -0.3 is 5.32 Å². The van der Waals surface area contributed by atoms with Crippen molar-refractivity contribution in [3.8, 4) is 0 Å². The number of thioether (sulfide) groups is 1. The van der Waals surface area contributed by atoms with E-state index in [1.807, 2.05) is 18.8 Å². The van der Waals surface area contributed by atoms with Gasteiger partial charge in [0, 0.05) is 24.9 Å². The van der Waals surface area contributed by atoms with Crippen LogP contribution in [0.1, 0.15) is 19.5 Å². The lowest BCUT2D eigenvalue weighted by atomic mass is 10.2. The third kappa shape index (κ3) is 3.77. The maximum atomic E-state index is 3.94. The Morgan fingerprint density at radius 3 is 2.67 bits per heavy atom. The molecular weight excluding hydrogens is 276 g/mol. The summed E-state index contributed by atoms with van der Waals surface area (Å²) in [5.74, 6) is 0. The van der Waals surface area contributed by atoms with Gasteiger partial charge in [-0.2, -0.15) is 11.8 Å². The highest BCUT2D eigenvalue weighted by Gasteiger charge is 2.16. The molecule has 15 heavy (non-hydrogen) atoms. The van der Waals surface area contributed by atoms with Gasteiger partial charge in [0.15, 0.2) is 4.60 Å². The Kier molecular flexibility index (Phi) is 4.61. The molecule has 1 aromatic rings. The van der Waals surface area contributed by atoms with Crippen molar-refractivity contribution >= 4 is 27.7 Å². The number of aryl methyl sites for hydroxylation is 1. The van der Waals surface area contributed by atoms with Crippen LogP contribution in [0.25, 0.3) is 0 Å². The van der Waals surface area contributed by atoms with Crippen molar-refractivity contribution < 1.29 is 0 Å². The Morgan fingerprint density at radius 2 is 2.20 bits per heavy atom. The summed E-state index contributed by atoms with van der Waals surface area (Å²) < 4.78 is 2.86. The van der Waals surface area contributed by atoms with E-state index >= 15 is 0 Å². The van der Waals surface area contributed by atoms with E-state index in [1.165, 1.54) is 0 Å². The van der Waals surface area contributed by atoms with Crippen LogP contribution in [0.5, 0.6) is 0 Å². The second kappa shape index (κ2) is 5.32. The molecule has 0 aliphatic heterocycles. The van der Waals surface area contributed by atoms with Gasteiger partial charge in [-0.1, -0.05) is 5.21 Å². The van der Waals surface area contributed by atoms with Crippen LogP contribution in [-0.4, -0.2) is 32.5 Å². The zero-order valence-electron chi connectivity index (χ0n) is 9.54. The fraction of sp³-hybridized carbons (Fsp3) is 0.778. The van der Waals surface area contributed by atoms with Crippen LogP contribution in [-0.2, 0) is 13.6 Å². The van der Waals surface area contributed by atoms with Gasteiger partial charge in [-0.05, 0) is 36.0 Å². The minimum Gasteiger partial charge on any atom is -0.310 e. The number of halogens is 1. The number of hydrogen-bond donors (Lipinski definition) is 1. The lowest BCUT2D eigenvalue weighted by molar-refractivity contribution is 0.564. The summed E-state index contributed by atoms with van der Waals surface area (Å²) in [4.78, 5) is 0. The molecule has 0 amide bonds. The molecule has 0 radical (unpaired) electrons. The molecule has 0 spiro atoms. The summed E-state index contributed by atoms with van der Waals surface area (Å²) >= 11 is 5.24. The normalized spacial score (nSPS) is 12.1. The summed E-state index contributed by atoms with van der Waals surface area (Å²) in [6, 6.07) is 0. The maximum absolute atomic E-state index is 3.94. The van der Waals surface area contributed by atoms with Gasteiger partial charge >= 0.3 is 0 Å². The molecular formula is C9H17BrN4S. The fourth-order valence-electron chi connectivity index (χ4n) is 1.09. The smallest absolute Gasteiger partial charge is 0.152 e. The van der Waals surface area contributed by atoms with Crippen molar-refractivity contribution in [1.82, 2.24) is 20.3 Å². The highest BCUT2D eigenvalue weighted by atomic mass is 79.9. The van der Waals surface area contributed by atoms with Crippen LogP contribution < -0.4 is 5.32 Å². The fourth-order valence-corrected chi connectivity index (χ4v) is 1.81. The number of aromatic nitrogens is 3. The molecule has 1 aromatic heterocycles. The molecule has 4 nitrogen and oxygen atoms in total. The summed E-state index contributed by atoms with van der Waals surface area (Å²) in [5, 5.41) is 11.3. The third-order valence-corrected chi connectivity index (χ3v) is 4.16. The van der Waals surface area contributed by atoms with Gasteiger partial charge in [0.25, 0.3) is 0 Å². The van der Waals surface area contributed by atoms with Crippen LogP contribution >= 0.6 is 27.7 Å². The summed E-state index contributed by atoms with van der Waals surface area (Å²) in [6.45, 7) is 6.20. The number of rotatable bonds is 5. The summed E-state index contributed by atoms with van der Waals surface area (Å²) in [7, 11) is 1.90. The van der Waals surface area contributed by atoms with Crippen molar-refractivity contribution in [2.75, 3.05) is 12.8 Å². The van der Waals surface area contributed by atoms with Crippen molar-refractivity contribution in [1.29, 1.82) is 0 Å². The molecule has 0 fully saturated rings. The lowest BCUT2D eigenvalue weighted by Gasteiger charge is -2.22. The van der Waals surface area contributed by atoms with E-state index in [0.29, 0.717) is 0 Å². The highest BCUT2D eigenvalue weighted by molar-refractivity contribution is 9.10. The SMILES string of the molecule is CSC(C)(C)CNCc1c(Br)nnn1C. The first kappa shape index (κ1) is 13.0. The summed E-state index contributed by atoms with van der Waals surface area (Å²) in [6.07, 6.45) is 2.13. The Bertz CT molecular complexity index is 304. The molecule has 0 aliphatic carbocycles. The van der Waals surface area contributed by atoms with E-state index in [4.69, 9.17) is 0 Å². The van der Waals surface area contributed by atoms with Crippen LogP contribution in [0.2, 0.25) is 0 Å². The van der Waals surface area contributed by atoms with Crippen LogP contribution in [0.4, 0.5) is 0 Å². The Hall–Kier alpha value is -0.0700. The molecule has 0 atom stereocenters. The zero-order chi connectivity index (χ0) is 11.5. The van der Waals surface area contributed by atoms with Crippen LogP contribution in [0.3, 0.4) is 0 Å². The molecule has 0 unspecified atom stereocenters. The van der Waals surface area contributed by atoms with Gasteiger partial charge in [0.1, 0.15) is 0 Å². The van der Waals surface area contributed by atoms with Crippen LogP contribution in [0.15, 0.2) is 4.60 Å². The van der Waals surface area contributed by atoms with E-state index < -0.39 is 0 Å². The van der Waals surface area contributed by atoms with Crippen molar-refractivity contribution in [3.63, 3.8) is 0 Å². The monoisotopic (exact) mass is 292 g/mol. The first-order valence-corrected chi connectivity index (χ1v) is 6.78. The van der Waals surface area contributed by atoms with E-state index in [-0.39, 0.29) is 4.75 Å². The molecule has 0 aliphatic rings. The minimum absolute atomic E-state index is 0.262. The number of nitrogens with one attached hydrogen (secondary N) is 1. The first-order valence-electron chi connectivity index (χ1n) is 4.76. The van der Waals surface area contributed by atoms with Crippen molar-refractivity contribution in [3.05, 3.63) is 10.3 Å². The predicted molar refractivity (Wildman–Crippen MR) is 68.0 cm³/mol. The second-order valence-corrected chi connectivity index (χ2v) is 6.28. The highest BCUT2D eigenvalue weighted by Crippen LogP contribution is 2.20. The number of nitrogens with zero attached hydrogens (tertiary/aromatic N) is 3. The van der Waals surface area contributed by atoms with E-state index in [1.54, 1.807) is 4.68 Å². The molecule has 86 valence electrons. The zero-order valence-corrected chi connectivity index (χ0v) is 11.9. The maximum Gasteiger partial charge on any atom is 0.152 e. The van der Waals surface area contributed by atoms with E-state index in [9.17, 15) is 0 Å². The van der Waals surface area contributed by atoms with E-state index in [2.05, 4.69) is 51.7 Å². The third-order valence-electron chi connectivity index (χ3n) is 2.29. The first-order chi connectivity index (χ1) is 6.96. The predicted octanol–water partition coefficient (Wildman–Crippen LogP) is 1.81. The lowest BCUT2D eigenvalue weighted by Crippen LogP contribution is -2.32. The topological polar surface area (TPSA) is 42.7 Å². The van der Waals surface area contributed by atoms with Crippen LogP contribution in [0, 0.1) is 0 Å². The van der Waals surface area contributed by atoms with Gasteiger partial charge in [0.2, 0.25) is 0 Å². The molecule has 0 aromatic carbocycles.